The van der Waals surface area contributed by atoms with Crippen molar-refractivity contribution in [2.45, 2.75) is 38.5 Å². The van der Waals surface area contributed by atoms with Crippen LogP contribution < -0.4 is 4.74 Å². The second-order valence-corrected chi connectivity index (χ2v) is 8.67. The Morgan fingerprint density at radius 3 is 2.67 bits per heavy atom. The molecule has 5 rings (SSSR count). The van der Waals surface area contributed by atoms with Crippen molar-refractivity contribution in [2.75, 3.05) is 19.7 Å². The molecule has 4 heteroatoms. The topological polar surface area (TPSA) is 34.6 Å². The molecule has 1 fully saturated rings. The summed E-state index contributed by atoms with van der Waals surface area (Å²) in [5, 5.41) is 0. The van der Waals surface area contributed by atoms with Crippen molar-refractivity contribution >= 4 is 0 Å². The van der Waals surface area contributed by atoms with Gasteiger partial charge in [0.1, 0.15) is 12.4 Å². The monoisotopic (exact) mass is 402 g/mol. The first kappa shape index (κ1) is 19.5. The van der Waals surface area contributed by atoms with E-state index in [0.29, 0.717) is 24.5 Å². The zero-order valence-corrected chi connectivity index (χ0v) is 17.5. The van der Waals surface area contributed by atoms with E-state index in [1.807, 2.05) is 24.5 Å². The lowest BCUT2D eigenvalue weighted by Crippen LogP contribution is -2.38. The van der Waals surface area contributed by atoms with Gasteiger partial charge in [0.05, 0.1) is 6.10 Å². The van der Waals surface area contributed by atoms with Crippen LogP contribution >= 0.6 is 0 Å². The molecule has 4 nitrogen and oxygen atoms in total. The highest BCUT2D eigenvalue weighted by Gasteiger charge is 2.28. The van der Waals surface area contributed by atoms with Gasteiger partial charge >= 0.3 is 0 Å². The lowest BCUT2D eigenvalue weighted by atomic mass is 9.82. The summed E-state index contributed by atoms with van der Waals surface area (Å²) in [4.78, 5) is 6.68. The molecule has 3 aliphatic rings. The van der Waals surface area contributed by atoms with Gasteiger partial charge < -0.3 is 9.47 Å². The summed E-state index contributed by atoms with van der Waals surface area (Å²) in [6.07, 6.45) is 16.8. The Hall–Kier alpha value is -2.43. The molecule has 2 aromatic rings. The fourth-order valence-electron chi connectivity index (χ4n) is 4.70. The van der Waals surface area contributed by atoms with Crippen LogP contribution in [0.5, 0.6) is 5.75 Å². The molecular weight excluding hydrogens is 372 g/mol. The van der Waals surface area contributed by atoms with Gasteiger partial charge in [0.25, 0.3) is 0 Å². The van der Waals surface area contributed by atoms with Crippen molar-refractivity contribution in [3.63, 3.8) is 0 Å². The number of pyridine rings is 1. The molecule has 3 atom stereocenters. The molecule has 3 heterocycles. The maximum atomic E-state index is 6.04. The zero-order valence-electron chi connectivity index (χ0n) is 17.5. The van der Waals surface area contributed by atoms with Gasteiger partial charge in [0.15, 0.2) is 0 Å². The Labute approximate surface area is 179 Å². The van der Waals surface area contributed by atoms with Gasteiger partial charge in [0, 0.05) is 38.6 Å². The van der Waals surface area contributed by atoms with Gasteiger partial charge in [-0.1, -0.05) is 30.4 Å². The number of fused-ring (bicyclic) bond motifs is 1. The number of ether oxygens (including phenoxy) is 2. The Balaban J connectivity index is 1.20. The molecule has 0 bridgehead atoms. The third-order valence-electron chi connectivity index (χ3n) is 6.60. The van der Waals surface area contributed by atoms with Crippen LogP contribution in [0.25, 0.3) is 0 Å². The number of hydrogen-bond donors (Lipinski definition) is 0. The molecule has 1 aromatic carbocycles. The highest BCUT2D eigenvalue weighted by molar-refractivity contribution is 5.37. The summed E-state index contributed by atoms with van der Waals surface area (Å²) in [5.41, 5.74) is 4.01. The summed E-state index contributed by atoms with van der Waals surface area (Å²) in [5.74, 6) is 2.12. The average Bonchev–Trinajstić information content (AvgIpc) is 2.76. The molecule has 0 amide bonds. The molecule has 1 aromatic heterocycles. The SMILES string of the molecule is C1=CC(CN2CCc3ccc(OCc4ccncc4)cc3C2)[C@@H](CC2CCO2)C=C1. The number of nitrogens with zero attached hydrogens (tertiary/aromatic N) is 2. The number of benzene rings is 1. The second kappa shape index (κ2) is 9.15. The molecule has 30 heavy (non-hydrogen) atoms. The smallest absolute Gasteiger partial charge is 0.120 e. The van der Waals surface area contributed by atoms with Crippen molar-refractivity contribution in [3.05, 3.63) is 83.7 Å². The number of allylic oxidation sites excluding steroid dienone is 3. The van der Waals surface area contributed by atoms with Crippen LogP contribution in [-0.2, 0) is 24.3 Å². The molecule has 0 saturated carbocycles. The molecule has 1 aliphatic carbocycles. The minimum absolute atomic E-state index is 0.468. The van der Waals surface area contributed by atoms with Gasteiger partial charge in [-0.25, -0.2) is 0 Å². The van der Waals surface area contributed by atoms with Crippen LogP contribution in [0.3, 0.4) is 0 Å². The van der Waals surface area contributed by atoms with E-state index in [1.165, 1.54) is 17.5 Å². The number of hydrogen-bond acceptors (Lipinski definition) is 4. The van der Waals surface area contributed by atoms with Crippen LogP contribution in [0.1, 0.15) is 29.5 Å². The molecule has 2 unspecified atom stereocenters. The van der Waals surface area contributed by atoms with Gasteiger partial charge in [-0.3, -0.25) is 9.88 Å². The highest BCUT2D eigenvalue weighted by Crippen LogP contribution is 2.31. The minimum Gasteiger partial charge on any atom is -0.489 e. The van der Waals surface area contributed by atoms with Gasteiger partial charge in [-0.05, 0) is 72.1 Å². The maximum absolute atomic E-state index is 6.04. The molecular formula is C26H30N2O2. The van der Waals surface area contributed by atoms with Crippen molar-refractivity contribution in [1.29, 1.82) is 0 Å². The Bertz CT molecular complexity index is 905. The van der Waals surface area contributed by atoms with Crippen molar-refractivity contribution < 1.29 is 9.47 Å². The lowest BCUT2D eigenvalue weighted by Gasteiger charge is -2.36. The number of rotatable bonds is 7. The predicted molar refractivity (Wildman–Crippen MR) is 118 cm³/mol. The maximum Gasteiger partial charge on any atom is 0.120 e. The lowest BCUT2D eigenvalue weighted by molar-refractivity contribution is -0.0628. The molecule has 156 valence electrons. The zero-order chi connectivity index (χ0) is 20.2. The highest BCUT2D eigenvalue weighted by atomic mass is 16.5. The first-order valence-corrected chi connectivity index (χ1v) is 11.2. The molecule has 0 spiro atoms. The van der Waals surface area contributed by atoms with Gasteiger partial charge in [-0.15, -0.1) is 0 Å². The van der Waals surface area contributed by atoms with E-state index in [0.717, 1.165) is 50.4 Å². The van der Waals surface area contributed by atoms with Crippen molar-refractivity contribution in [3.8, 4) is 5.75 Å². The van der Waals surface area contributed by atoms with Crippen LogP contribution in [0, 0.1) is 11.8 Å². The van der Waals surface area contributed by atoms with Gasteiger partial charge in [0.2, 0.25) is 0 Å². The summed E-state index contributed by atoms with van der Waals surface area (Å²) in [7, 11) is 0. The fraction of sp³-hybridized carbons (Fsp3) is 0.423. The third kappa shape index (κ3) is 4.66. The molecule has 0 N–H and O–H groups in total. The largest absolute Gasteiger partial charge is 0.489 e. The first-order valence-electron chi connectivity index (χ1n) is 11.2. The van der Waals surface area contributed by atoms with E-state index in [9.17, 15) is 0 Å². The second-order valence-electron chi connectivity index (χ2n) is 8.67. The van der Waals surface area contributed by atoms with Crippen LogP contribution in [0.2, 0.25) is 0 Å². The normalized spacial score (nSPS) is 25.5. The minimum atomic E-state index is 0.468. The quantitative estimate of drug-likeness (QED) is 0.680. The van der Waals surface area contributed by atoms with E-state index >= 15 is 0 Å². The third-order valence-corrected chi connectivity index (χ3v) is 6.60. The Morgan fingerprint density at radius 2 is 1.87 bits per heavy atom. The van der Waals surface area contributed by atoms with Crippen LogP contribution in [0.15, 0.2) is 67.0 Å². The first-order chi connectivity index (χ1) is 14.8. The predicted octanol–water partition coefficient (Wildman–Crippen LogP) is 4.56. The average molecular weight is 403 g/mol. The summed E-state index contributed by atoms with van der Waals surface area (Å²) in [6, 6.07) is 10.6. The van der Waals surface area contributed by atoms with E-state index < -0.39 is 0 Å². The fourth-order valence-corrected chi connectivity index (χ4v) is 4.70. The molecule has 0 radical (unpaired) electrons. The van der Waals surface area contributed by atoms with E-state index in [4.69, 9.17) is 9.47 Å². The van der Waals surface area contributed by atoms with Crippen LogP contribution in [0.4, 0.5) is 0 Å². The van der Waals surface area contributed by atoms with E-state index in [2.05, 4.69) is 52.4 Å². The Kier molecular flexibility index (Phi) is 5.96. The number of aromatic nitrogens is 1. The molecule has 2 aliphatic heterocycles. The van der Waals surface area contributed by atoms with Crippen molar-refractivity contribution in [1.82, 2.24) is 9.88 Å². The summed E-state index contributed by atoms with van der Waals surface area (Å²) >= 11 is 0. The van der Waals surface area contributed by atoms with Crippen molar-refractivity contribution in [2.24, 2.45) is 11.8 Å². The standard InChI is InChI=1S/C26H30N2O2/c1-2-4-23(22(3-1)15-26-10-14-29-26)17-28-13-9-21-5-6-25(16-24(21)18-28)30-19-20-7-11-27-12-8-20/h1-8,11-12,16,22-23,26H,9-10,13-15,17-19H2/t22-,23?,26?/m1/s1. The van der Waals surface area contributed by atoms with Gasteiger partial charge in [-0.2, -0.15) is 0 Å². The van der Waals surface area contributed by atoms with Crippen LogP contribution in [-0.4, -0.2) is 35.7 Å². The molecule has 1 saturated heterocycles. The van der Waals surface area contributed by atoms with E-state index in [1.54, 1.807) is 0 Å². The Morgan fingerprint density at radius 1 is 1.03 bits per heavy atom. The van der Waals surface area contributed by atoms with E-state index in [-0.39, 0.29) is 0 Å². The summed E-state index contributed by atoms with van der Waals surface area (Å²) < 4.78 is 11.7. The summed E-state index contributed by atoms with van der Waals surface area (Å²) in [6.45, 7) is 4.76.